The van der Waals surface area contributed by atoms with Crippen LogP contribution in [-0.2, 0) is 6.54 Å². The van der Waals surface area contributed by atoms with E-state index in [1.54, 1.807) is 0 Å². The maximum Gasteiger partial charge on any atom is 0.271 e. The van der Waals surface area contributed by atoms with E-state index in [4.69, 9.17) is 0 Å². The molecule has 2 rings (SSSR count). The number of aromatic nitrogens is 2. The van der Waals surface area contributed by atoms with E-state index in [0.29, 0.717) is 30.6 Å². The fraction of sp³-hybridized carbons (Fsp3) is 0.706. The van der Waals surface area contributed by atoms with E-state index < -0.39 is 0 Å². The van der Waals surface area contributed by atoms with Gasteiger partial charge in [-0.05, 0) is 30.7 Å². The van der Waals surface area contributed by atoms with Gasteiger partial charge < -0.3 is 10.2 Å². The van der Waals surface area contributed by atoms with E-state index in [1.165, 1.54) is 23.2 Å². The number of carbonyl (C=O) groups excluding carboxylic acids is 1. The summed E-state index contributed by atoms with van der Waals surface area (Å²) in [6.07, 6.45) is 2.09. The molecule has 1 aromatic rings. The third-order valence-corrected chi connectivity index (χ3v) is 4.19. The minimum atomic E-state index is -0.215. The second-order valence-corrected chi connectivity index (χ2v) is 6.74. The van der Waals surface area contributed by atoms with E-state index in [9.17, 15) is 9.59 Å². The highest BCUT2D eigenvalue weighted by Gasteiger charge is 2.21. The van der Waals surface area contributed by atoms with Crippen molar-refractivity contribution in [3.05, 3.63) is 28.2 Å². The van der Waals surface area contributed by atoms with Gasteiger partial charge in [0.15, 0.2) is 0 Å². The molecule has 1 amide bonds. The van der Waals surface area contributed by atoms with Crippen molar-refractivity contribution in [2.24, 2.45) is 11.8 Å². The summed E-state index contributed by atoms with van der Waals surface area (Å²) in [5.41, 5.74) is 0.137. The Morgan fingerprint density at radius 2 is 1.96 bits per heavy atom. The summed E-state index contributed by atoms with van der Waals surface area (Å²) >= 11 is 0. The Morgan fingerprint density at radius 1 is 1.26 bits per heavy atom. The third-order valence-electron chi connectivity index (χ3n) is 4.19. The van der Waals surface area contributed by atoms with Gasteiger partial charge in [0.05, 0.1) is 0 Å². The molecule has 0 spiro atoms. The Bertz CT molecular complexity index is 574. The standard InChI is InChI=1S/C17H28N4O2/c1-4-8-21-16(22)6-5-15(19-21)17(23)18-7-9-20-11-13(2)10-14(3)12-20/h5-6,13-14H,4,7-12H2,1-3H3,(H,18,23). The number of hydrogen-bond acceptors (Lipinski definition) is 4. The number of nitrogens with zero attached hydrogens (tertiary/aromatic N) is 3. The molecule has 1 saturated heterocycles. The fourth-order valence-corrected chi connectivity index (χ4v) is 3.33. The zero-order valence-corrected chi connectivity index (χ0v) is 14.4. The van der Waals surface area contributed by atoms with Gasteiger partial charge >= 0.3 is 0 Å². The van der Waals surface area contributed by atoms with E-state index in [2.05, 4.69) is 29.2 Å². The van der Waals surface area contributed by atoms with E-state index in [1.807, 2.05) is 6.92 Å². The van der Waals surface area contributed by atoms with Crippen LogP contribution in [-0.4, -0.2) is 46.8 Å². The highest BCUT2D eigenvalue weighted by molar-refractivity contribution is 5.91. The lowest BCUT2D eigenvalue weighted by molar-refractivity contribution is 0.0929. The SMILES string of the molecule is CCCn1nc(C(=O)NCCN2CC(C)CC(C)C2)ccc1=O. The first kappa shape index (κ1) is 17.7. The Morgan fingerprint density at radius 3 is 2.61 bits per heavy atom. The predicted molar refractivity (Wildman–Crippen MR) is 90.5 cm³/mol. The van der Waals surface area contributed by atoms with E-state index in [-0.39, 0.29) is 11.5 Å². The molecule has 6 heteroatoms. The van der Waals surface area contributed by atoms with Crippen molar-refractivity contribution in [1.29, 1.82) is 0 Å². The Hall–Kier alpha value is -1.69. The molecule has 1 aliphatic heterocycles. The number of carbonyl (C=O) groups is 1. The number of aryl methyl sites for hydroxylation is 1. The Balaban J connectivity index is 1.85. The number of nitrogens with one attached hydrogen (secondary N) is 1. The summed E-state index contributed by atoms with van der Waals surface area (Å²) in [5.74, 6) is 1.22. The lowest BCUT2D eigenvalue weighted by Crippen LogP contribution is -2.43. The summed E-state index contributed by atoms with van der Waals surface area (Å²) in [5, 5.41) is 7.04. The van der Waals surface area contributed by atoms with Crippen molar-refractivity contribution in [2.45, 2.75) is 40.2 Å². The third kappa shape index (κ3) is 5.16. The summed E-state index contributed by atoms with van der Waals surface area (Å²) in [4.78, 5) is 26.2. The van der Waals surface area contributed by atoms with Crippen LogP contribution in [0.3, 0.4) is 0 Å². The van der Waals surface area contributed by atoms with Crippen LogP contribution in [0.25, 0.3) is 0 Å². The minimum Gasteiger partial charge on any atom is -0.349 e. The van der Waals surface area contributed by atoms with Gasteiger partial charge in [0.2, 0.25) is 0 Å². The number of amides is 1. The van der Waals surface area contributed by atoms with Crippen LogP contribution in [0.1, 0.15) is 44.1 Å². The Kier molecular flexibility index (Phi) is 6.33. The lowest BCUT2D eigenvalue weighted by Gasteiger charge is -2.34. The molecule has 0 bridgehead atoms. The van der Waals surface area contributed by atoms with Crippen molar-refractivity contribution in [3.63, 3.8) is 0 Å². The molecule has 23 heavy (non-hydrogen) atoms. The van der Waals surface area contributed by atoms with Crippen LogP contribution in [0.5, 0.6) is 0 Å². The minimum absolute atomic E-state index is 0.167. The maximum absolute atomic E-state index is 12.2. The summed E-state index contributed by atoms with van der Waals surface area (Å²) in [6, 6.07) is 2.90. The molecule has 0 saturated carbocycles. The quantitative estimate of drug-likeness (QED) is 0.859. The first-order chi connectivity index (χ1) is 11.0. The van der Waals surface area contributed by atoms with Crippen LogP contribution in [0.4, 0.5) is 0 Å². The topological polar surface area (TPSA) is 67.2 Å². The molecule has 1 N–H and O–H groups in total. The van der Waals surface area contributed by atoms with E-state index in [0.717, 1.165) is 26.1 Å². The van der Waals surface area contributed by atoms with Crippen molar-refractivity contribution >= 4 is 5.91 Å². The maximum atomic E-state index is 12.2. The average Bonchev–Trinajstić information content (AvgIpc) is 2.48. The van der Waals surface area contributed by atoms with Gasteiger partial charge in [-0.25, -0.2) is 4.68 Å². The molecule has 0 radical (unpaired) electrons. The largest absolute Gasteiger partial charge is 0.349 e. The van der Waals surface area contributed by atoms with Gasteiger partial charge in [-0.1, -0.05) is 20.8 Å². The molecule has 1 aliphatic rings. The lowest BCUT2D eigenvalue weighted by atomic mass is 9.92. The molecular weight excluding hydrogens is 292 g/mol. The summed E-state index contributed by atoms with van der Waals surface area (Å²) in [6.45, 7) is 10.7. The van der Waals surface area contributed by atoms with Crippen LogP contribution in [0.2, 0.25) is 0 Å². The summed E-state index contributed by atoms with van der Waals surface area (Å²) in [7, 11) is 0. The second-order valence-electron chi connectivity index (χ2n) is 6.74. The molecule has 0 aliphatic carbocycles. The van der Waals surface area contributed by atoms with Gasteiger partial charge in [0, 0.05) is 38.8 Å². The van der Waals surface area contributed by atoms with Crippen LogP contribution < -0.4 is 10.9 Å². The normalized spacial score (nSPS) is 22.0. The zero-order valence-electron chi connectivity index (χ0n) is 14.4. The van der Waals surface area contributed by atoms with Gasteiger partial charge in [0.25, 0.3) is 11.5 Å². The van der Waals surface area contributed by atoms with Crippen molar-refractivity contribution in [3.8, 4) is 0 Å². The van der Waals surface area contributed by atoms with Gasteiger partial charge in [-0.3, -0.25) is 9.59 Å². The van der Waals surface area contributed by atoms with Gasteiger partial charge in [-0.2, -0.15) is 5.10 Å². The highest BCUT2D eigenvalue weighted by Crippen LogP contribution is 2.20. The monoisotopic (exact) mass is 320 g/mol. The molecule has 2 atom stereocenters. The second kappa shape index (κ2) is 8.24. The summed E-state index contributed by atoms with van der Waals surface area (Å²) < 4.78 is 1.35. The average molecular weight is 320 g/mol. The molecule has 1 aromatic heterocycles. The number of likely N-dealkylation sites (tertiary alicyclic amines) is 1. The van der Waals surface area contributed by atoms with Crippen molar-refractivity contribution in [1.82, 2.24) is 20.0 Å². The first-order valence-electron chi connectivity index (χ1n) is 8.58. The molecule has 1 fully saturated rings. The van der Waals surface area contributed by atoms with Gasteiger partial charge in [0.1, 0.15) is 5.69 Å². The smallest absolute Gasteiger partial charge is 0.271 e. The first-order valence-corrected chi connectivity index (χ1v) is 8.58. The zero-order chi connectivity index (χ0) is 16.8. The van der Waals surface area contributed by atoms with Crippen molar-refractivity contribution < 1.29 is 4.79 Å². The molecular formula is C17H28N4O2. The van der Waals surface area contributed by atoms with Crippen LogP contribution in [0, 0.1) is 11.8 Å². The molecule has 2 heterocycles. The predicted octanol–water partition coefficient (Wildman–Crippen LogP) is 1.36. The molecule has 0 aromatic carbocycles. The fourth-order valence-electron chi connectivity index (χ4n) is 3.33. The Labute approximate surface area is 137 Å². The van der Waals surface area contributed by atoms with Crippen molar-refractivity contribution in [2.75, 3.05) is 26.2 Å². The molecule has 6 nitrogen and oxygen atoms in total. The van der Waals surface area contributed by atoms with Crippen LogP contribution >= 0.6 is 0 Å². The number of rotatable bonds is 6. The van der Waals surface area contributed by atoms with Crippen LogP contribution in [0.15, 0.2) is 16.9 Å². The van der Waals surface area contributed by atoms with Gasteiger partial charge in [-0.15, -0.1) is 0 Å². The highest BCUT2D eigenvalue weighted by atomic mass is 16.2. The molecule has 128 valence electrons. The number of piperidine rings is 1. The number of hydrogen-bond donors (Lipinski definition) is 1. The van der Waals surface area contributed by atoms with E-state index >= 15 is 0 Å². The molecule has 2 unspecified atom stereocenters.